The van der Waals surface area contributed by atoms with E-state index in [4.69, 9.17) is 4.52 Å². The molecule has 0 bridgehead atoms. The molecule has 1 aliphatic carbocycles. The SMILES string of the molecule is O=C(c1cccc(-c2noc(C3CC3)n2)c1)N1CC[C@@H](O)C1. The lowest BCUT2D eigenvalue weighted by molar-refractivity contribution is 0.0765. The van der Waals surface area contributed by atoms with Crippen LogP contribution >= 0.6 is 0 Å². The van der Waals surface area contributed by atoms with Crippen molar-refractivity contribution in [3.8, 4) is 11.4 Å². The Hall–Kier alpha value is -2.21. The lowest BCUT2D eigenvalue weighted by Crippen LogP contribution is -2.29. The highest BCUT2D eigenvalue weighted by Gasteiger charge is 2.30. The molecule has 6 nitrogen and oxygen atoms in total. The van der Waals surface area contributed by atoms with Gasteiger partial charge in [-0.05, 0) is 31.4 Å². The maximum atomic E-state index is 12.5. The van der Waals surface area contributed by atoms with Crippen LogP contribution < -0.4 is 0 Å². The van der Waals surface area contributed by atoms with Crippen LogP contribution in [0, 0.1) is 0 Å². The molecule has 1 saturated carbocycles. The van der Waals surface area contributed by atoms with E-state index >= 15 is 0 Å². The number of benzene rings is 1. The van der Waals surface area contributed by atoms with Crippen molar-refractivity contribution in [2.45, 2.75) is 31.3 Å². The smallest absolute Gasteiger partial charge is 0.253 e. The van der Waals surface area contributed by atoms with Crippen molar-refractivity contribution in [1.82, 2.24) is 15.0 Å². The minimum atomic E-state index is -0.412. The maximum Gasteiger partial charge on any atom is 0.253 e. The number of hydrogen-bond acceptors (Lipinski definition) is 5. The minimum absolute atomic E-state index is 0.0655. The predicted molar refractivity (Wildman–Crippen MR) is 78.2 cm³/mol. The Kier molecular flexibility index (Phi) is 3.18. The summed E-state index contributed by atoms with van der Waals surface area (Å²) in [5, 5.41) is 13.6. The van der Waals surface area contributed by atoms with Crippen molar-refractivity contribution in [1.29, 1.82) is 0 Å². The van der Waals surface area contributed by atoms with Gasteiger partial charge in [-0.2, -0.15) is 4.98 Å². The lowest BCUT2D eigenvalue weighted by atomic mass is 10.1. The zero-order valence-corrected chi connectivity index (χ0v) is 12.1. The summed E-state index contributed by atoms with van der Waals surface area (Å²) in [6.45, 7) is 0.995. The summed E-state index contributed by atoms with van der Waals surface area (Å²) in [7, 11) is 0. The van der Waals surface area contributed by atoms with E-state index in [-0.39, 0.29) is 5.91 Å². The third-order valence-corrected chi connectivity index (χ3v) is 4.19. The number of amides is 1. The van der Waals surface area contributed by atoms with Gasteiger partial charge in [0.2, 0.25) is 11.7 Å². The highest BCUT2D eigenvalue weighted by Crippen LogP contribution is 2.39. The van der Waals surface area contributed by atoms with Crippen LogP contribution in [0.15, 0.2) is 28.8 Å². The van der Waals surface area contributed by atoms with Gasteiger partial charge in [-0.15, -0.1) is 0 Å². The summed E-state index contributed by atoms with van der Waals surface area (Å²) < 4.78 is 5.27. The molecule has 1 saturated heterocycles. The predicted octanol–water partition coefficient (Wildman–Crippen LogP) is 1.82. The molecule has 0 radical (unpaired) electrons. The Bertz CT molecular complexity index is 708. The highest BCUT2D eigenvalue weighted by atomic mass is 16.5. The largest absolute Gasteiger partial charge is 0.391 e. The summed E-state index contributed by atoms with van der Waals surface area (Å²) in [5.41, 5.74) is 1.37. The quantitative estimate of drug-likeness (QED) is 0.935. The number of likely N-dealkylation sites (tertiary alicyclic amines) is 1. The van der Waals surface area contributed by atoms with Gasteiger partial charge in [0.25, 0.3) is 5.91 Å². The fourth-order valence-electron chi connectivity index (χ4n) is 2.75. The fraction of sp³-hybridized carbons (Fsp3) is 0.438. The zero-order chi connectivity index (χ0) is 15.1. The van der Waals surface area contributed by atoms with Crippen molar-refractivity contribution < 1.29 is 14.4 Å². The number of nitrogens with zero attached hydrogens (tertiary/aromatic N) is 3. The lowest BCUT2D eigenvalue weighted by Gasteiger charge is -2.15. The number of rotatable bonds is 3. The Labute approximate surface area is 127 Å². The van der Waals surface area contributed by atoms with Crippen molar-refractivity contribution in [3.63, 3.8) is 0 Å². The van der Waals surface area contributed by atoms with E-state index in [0.717, 1.165) is 18.4 Å². The Morgan fingerprint density at radius 1 is 1.32 bits per heavy atom. The number of aromatic nitrogens is 2. The first-order valence-electron chi connectivity index (χ1n) is 7.62. The van der Waals surface area contributed by atoms with Crippen molar-refractivity contribution in [3.05, 3.63) is 35.7 Å². The molecule has 4 rings (SSSR count). The normalized spacial score (nSPS) is 21.3. The van der Waals surface area contributed by atoms with Gasteiger partial charge in [-0.3, -0.25) is 4.79 Å². The van der Waals surface area contributed by atoms with Crippen LogP contribution in [0.2, 0.25) is 0 Å². The number of carbonyl (C=O) groups is 1. The van der Waals surface area contributed by atoms with E-state index in [1.807, 2.05) is 12.1 Å². The van der Waals surface area contributed by atoms with Gasteiger partial charge in [-0.1, -0.05) is 17.3 Å². The molecule has 1 aromatic heterocycles. The molecule has 2 fully saturated rings. The minimum Gasteiger partial charge on any atom is -0.391 e. The van der Waals surface area contributed by atoms with Crippen molar-refractivity contribution in [2.75, 3.05) is 13.1 Å². The van der Waals surface area contributed by atoms with Crippen LogP contribution in [0.3, 0.4) is 0 Å². The summed E-state index contributed by atoms with van der Waals surface area (Å²) in [6.07, 6.45) is 2.45. The Balaban J connectivity index is 1.58. The summed E-state index contributed by atoms with van der Waals surface area (Å²) in [6, 6.07) is 7.26. The number of β-amino-alcohol motifs (C(OH)–C–C–N with tert-alkyl or cyclic N) is 1. The van der Waals surface area contributed by atoms with Crippen LogP contribution in [0.5, 0.6) is 0 Å². The summed E-state index contributed by atoms with van der Waals surface area (Å²) in [5.74, 6) is 1.56. The van der Waals surface area contributed by atoms with E-state index in [9.17, 15) is 9.90 Å². The van der Waals surface area contributed by atoms with Gasteiger partial charge in [-0.25, -0.2) is 0 Å². The molecule has 22 heavy (non-hydrogen) atoms. The van der Waals surface area contributed by atoms with E-state index < -0.39 is 6.10 Å². The second-order valence-electron chi connectivity index (χ2n) is 6.00. The van der Waals surface area contributed by atoms with Crippen LogP contribution in [-0.2, 0) is 0 Å². The molecule has 1 N–H and O–H groups in total. The van der Waals surface area contributed by atoms with Crippen molar-refractivity contribution in [2.24, 2.45) is 0 Å². The first kappa shape index (κ1) is 13.5. The van der Waals surface area contributed by atoms with E-state index in [2.05, 4.69) is 10.1 Å². The summed E-state index contributed by atoms with van der Waals surface area (Å²) >= 11 is 0. The van der Waals surface area contributed by atoms with E-state index in [1.54, 1.807) is 17.0 Å². The fourth-order valence-corrected chi connectivity index (χ4v) is 2.75. The topological polar surface area (TPSA) is 79.5 Å². The zero-order valence-electron chi connectivity index (χ0n) is 12.1. The molecule has 1 amide bonds. The third kappa shape index (κ3) is 2.50. The number of carbonyl (C=O) groups excluding carboxylic acids is 1. The van der Waals surface area contributed by atoms with Gasteiger partial charge >= 0.3 is 0 Å². The molecule has 1 aliphatic heterocycles. The summed E-state index contributed by atoms with van der Waals surface area (Å²) in [4.78, 5) is 18.5. The molecule has 0 spiro atoms. The molecule has 2 heterocycles. The second kappa shape index (κ2) is 5.21. The maximum absolute atomic E-state index is 12.5. The van der Waals surface area contributed by atoms with Crippen LogP contribution in [0.25, 0.3) is 11.4 Å². The van der Waals surface area contributed by atoms with Crippen molar-refractivity contribution >= 4 is 5.91 Å². The van der Waals surface area contributed by atoms with Gasteiger partial charge in [0.15, 0.2) is 0 Å². The molecular weight excluding hydrogens is 282 g/mol. The number of aliphatic hydroxyl groups is 1. The first-order valence-corrected chi connectivity index (χ1v) is 7.62. The van der Waals surface area contributed by atoms with Gasteiger partial charge in [0.05, 0.1) is 6.10 Å². The van der Waals surface area contributed by atoms with Crippen LogP contribution in [-0.4, -0.2) is 45.2 Å². The molecule has 2 aliphatic rings. The molecule has 1 aromatic carbocycles. The Morgan fingerprint density at radius 2 is 2.18 bits per heavy atom. The average Bonchev–Trinajstić information content (AvgIpc) is 3.10. The molecular formula is C16H17N3O3. The molecule has 6 heteroatoms. The van der Waals surface area contributed by atoms with Crippen LogP contribution in [0.4, 0.5) is 0 Å². The molecule has 114 valence electrons. The van der Waals surface area contributed by atoms with Gasteiger partial charge in [0, 0.05) is 30.1 Å². The van der Waals surface area contributed by atoms with Gasteiger partial charge in [0.1, 0.15) is 0 Å². The van der Waals surface area contributed by atoms with Gasteiger partial charge < -0.3 is 14.5 Å². The van der Waals surface area contributed by atoms with E-state index in [1.165, 1.54) is 0 Å². The molecule has 2 aromatic rings. The molecule has 1 atom stereocenters. The average molecular weight is 299 g/mol. The van der Waals surface area contributed by atoms with E-state index in [0.29, 0.717) is 42.7 Å². The monoisotopic (exact) mass is 299 g/mol. The Morgan fingerprint density at radius 3 is 2.91 bits per heavy atom. The number of hydrogen-bond donors (Lipinski definition) is 1. The standard InChI is InChI=1S/C16H17N3O3/c20-13-6-7-19(9-13)16(21)12-3-1-2-11(8-12)14-17-15(22-18-14)10-4-5-10/h1-3,8,10,13,20H,4-7,9H2/t13-/m1/s1. The highest BCUT2D eigenvalue weighted by molar-refractivity contribution is 5.95. The van der Waals surface area contributed by atoms with Crippen LogP contribution in [0.1, 0.15) is 41.4 Å². The molecule has 0 unspecified atom stereocenters. The second-order valence-corrected chi connectivity index (χ2v) is 6.00. The first-order chi connectivity index (χ1) is 10.7. The number of aliphatic hydroxyl groups excluding tert-OH is 1. The third-order valence-electron chi connectivity index (χ3n) is 4.19.